The van der Waals surface area contributed by atoms with Crippen LogP contribution < -0.4 is 10.6 Å². The van der Waals surface area contributed by atoms with Gasteiger partial charge in [0.2, 0.25) is 5.91 Å². The summed E-state index contributed by atoms with van der Waals surface area (Å²) in [5, 5.41) is 14.1. The van der Waals surface area contributed by atoms with Crippen molar-refractivity contribution in [1.82, 2.24) is 25.2 Å². The summed E-state index contributed by atoms with van der Waals surface area (Å²) in [5.74, 6) is 1.52. The van der Waals surface area contributed by atoms with Gasteiger partial charge in [0.05, 0.1) is 13.1 Å². The van der Waals surface area contributed by atoms with Gasteiger partial charge in [-0.1, -0.05) is 6.07 Å². The van der Waals surface area contributed by atoms with Crippen molar-refractivity contribution in [1.29, 1.82) is 0 Å². The molecule has 21 heavy (non-hydrogen) atoms. The Balaban J connectivity index is 0.00000110. The van der Waals surface area contributed by atoms with Gasteiger partial charge in [-0.25, -0.2) is 0 Å². The highest BCUT2D eigenvalue weighted by atomic mass is 35.5. The summed E-state index contributed by atoms with van der Waals surface area (Å²) < 4.78 is 1.87. The van der Waals surface area contributed by atoms with E-state index < -0.39 is 0 Å². The molecular formula is C13H19Cl2N5O. The zero-order chi connectivity index (χ0) is 13.1. The van der Waals surface area contributed by atoms with Gasteiger partial charge < -0.3 is 10.6 Å². The van der Waals surface area contributed by atoms with Crippen LogP contribution in [0.1, 0.15) is 18.7 Å². The number of halogens is 2. The summed E-state index contributed by atoms with van der Waals surface area (Å²) >= 11 is 0. The third kappa shape index (κ3) is 4.84. The van der Waals surface area contributed by atoms with Gasteiger partial charge in [-0.3, -0.25) is 9.20 Å². The number of fused-ring (bicyclic) bond motifs is 1. The normalized spacial score (nSPS) is 13.3. The first kappa shape index (κ1) is 17.7. The molecule has 2 heterocycles. The topological polar surface area (TPSA) is 71.3 Å². The van der Waals surface area contributed by atoms with Gasteiger partial charge in [0.15, 0.2) is 11.5 Å². The minimum atomic E-state index is -0.00617. The molecule has 0 spiro atoms. The van der Waals surface area contributed by atoms with Crippen molar-refractivity contribution in [2.24, 2.45) is 5.92 Å². The maximum absolute atomic E-state index is 11.6. The van der Waals surface area contributed by atoms with Crippen LogP contribution in [0.15, 0.2) is 24.4 Å². The van der Waals surface area contributed by atoms with E-state index in [0.29, 0.717) is 13.1 Å². The third-order valence-electron chi connectivity index (χ3n) is 3.24. The number of nitrogens with zero attached hydrogens (tertiary/aromatic N) is 3. The fourth-order valence-corrected chi connectivity index (χ4v) is 1.96. The standard InChI is InChI=1S/C13H17N5O.2ClH/c19-13(9-14-7-10-4-5-10)15-8-12-17-16-11-3-1-2-6-18(11)12;;/h1-3,6,10,14H,4-5,7-9H2,(H,15,19);2*1H. The van der Waals surface area contributed by atoms with E-state index in [-0.39, 0.29) is 30.7 Å². The number of hydrogen-bond donors (Lipinski definition) is 2. The Kier molecular flexibility index (Phi) is 6.87. The van der Waals surface area contributed by atoms with E-state index in [0.717, 1.165) is 23.9 Å². The Morgan fingerprint density at radius 1 is 1.29 bits per heavy atom. The van der Waals surface area contributed by atoms with Crippen LogP contribution >= 0.6 is 24.8 Å². The molecule has 0 radical (unpaired) electrons. The molecule has 0 saturated heterocycles. The van der Waals surface area contributed by atoms with Crippen LogP contribution in [-0.4, -0.2) is 33.6 Å². The van der Waals surface area contributed by atoms with E-state index in [9.17, 15) is 4.79 Å². The van der Waals surface area contributed by atoms with Crippen LogP contribution in [0.5, 0.6) is 0 Å². The van der Waals surface area contributed by atoms with Crippen molar-refractivity contribution in [3.63, 3.8) is 0 Å². The number of carbonyl (C=O) groups is 1. The van der Waals surface area contributed by atoms with Gasteiger partial charge in [0.25, 0.3) is 0 Å². The average molecular weight is 332 g/mol. The van der Waals surface area contributed by atoms with Crippen molar-refractivity contribution in [2.75, 3.05) is 13.1 Å². The smallest absolute Gasteiger partial charge is 0.234 e. The maximum atomic E-state index is 11.6. The molecule has 2 aromatic rings. The van der Waals surface area contributed by atoms with E-state index in [1.54, 1.807) is 0 Å². The molecule has 6 nitrogen and oxygen atoms in total. The Bertz CT molecular complexity index is 585. The van der Waals surface area contributed by atoms with E-state index in [1.807, 2.05) is 28.8 Å². The summed E-state index contributed by atoms with van der Waals surface area (Å²) in [6, 6.07) is 5.71. The Morgan fingerprint density at radius 3 is 2.86 bits per heavy atom. The lowest BCUT2D eigenvalue weighted by Gasteiger charge is -2.05. The summed E-state index contributed by atoms with van der Waals surface area (Å²) in [6.45, 7) is 1.71. The van der Waals surface area contributed by atoms with E-state index >= 15 is 0 Å². The summed E-state index contributed by atoms with van der Waals surface area (Å²) in [6.07, 6.45) is 4.48. The highest BCUT2D eigenvalue weighted by Crippen LogP contribution is 2.27. The van der Waals surface area contributed by atoms with Crippen molar-refractivity contribution in [2.45, 2.75) is 19.4 Å². The maximum Gasteiger partial charge on any atom is 0.234 e. The number of rotatable bonds is 6. The fraction of sp³-hybridized carbons (Fsp3) is 0.462. The highest BCUT2D eigenvalue weighted by molar-refractivity contribution is 5.85. The van der Waals surface area contributed by atoms with Gasteiger partial charge in [0.1, 0.15) is 0 Å². The predicted molar refractivity (Wildman–Crippen MR) is 84.9 cm³/mol. The van der Waals surface area contributed by atoms with Crippen molar-refractivity contribution in [3.8, 4) is 0 Å². The molecule has 0 aromatic carbocycles. The monoisotopic (exact) mass is 331 g/mol. The minimum Gasteiger partial charge on any atom is -0.348 e. The largest absolute Gasteiger partial charge is 0.348 e. The molecular weight excluding hydrogens is 313 g/mol. The van der Waals surface area contributed by atoms with Crippen LogP contribution in [-0.2, 0) is 11.3 Å². The van der Waals surface area contributed by atoms with Crippen LogP contribution in [0.2, 0.25) is 0 Å². The molecule has 1 fully saturated rings. The first-order valence-electron chi connectivity index (χ1n) is 6.59. The predicted octanol–water partition coefficient (Wildman–Crippen LogP) is 1.19. The molecule has 0 atom stereocenters. The number of amides is 1. The molecule has 0 unspecified atom stereocenters. The molecule has 1 aliphatic carbocycles. The Labute approximate surface area is 135 Å². The van der Waals surface area contributed by atoms with Crippen LogP contribution in [0, 0.1) is 5.92 Å². The number of pyridine rings is 1. The lowest BCUT2D eigenvalue weighted by atomic mass is 10.4. The second-order valence-corrected chi connectivity index (χ2v) is 4.90. The Hall–Kier alpha value is -1.37. The number of aromatic nitrogens is 3. The number of nitrogens with one attached hydrogen (secondary N) is 2. The van der Waals surface area contributed by atoms with Crippen LogP contribution in [0.4, 0.5) is 0 Å². The van der Waals surface area contributed by atoms with Gasteiger partial charge in [-0.15, -0.1) is 35.0 Å². The van der Waals surface area contributed by atoms with Gasteiger partial charge >= 0.3 is 0 Å². The zero-order valence-electron chi connectivity index (χ0n) is 11.5. The minimum absolute atomic E-state index is 0. The lowest BCUT2D eigenvalue weighted by molar-refractivity contribution is -0.120. The van der Waals surface area contributed by atoms with Gasteiger partial charge in [-0.2, -0.15) is 0 Å². The lowest BCUT2D eigenvalue weighted by Crippen LogP contribution is -2.34. The van der Waals surface area contributed by atoms with E-state index in [4.69, 9.17) is 0 Å². The second kappa shape index (κ2) is 8.17. The van der Waals surface area contributed by atoms with Crippen molar-refractivity contribution >= 4 is 36.4 Å². The molecule has 0 bridgehead atoms. The molecule has 1 saturated carbocycles. The summed E-state index contributed by atoms with van der Waals surface area (Å²) in [7, 11) is 0. The molecule has 1 aliphatic rings. The molecule has 8 heteroatoms. The van der Waals surface area contributed by atoms with Crippen LogP contribution in [0.3, 0.4) is 0 Å². The average Bonchev–Trinajstić information content (AvgIpc) is 3.16. The molecule has 1 amide bonds. The fourth-order valence-electron chi connectivity index (χ4n) is 1.96. The summed E-state index contributed by atoms with van der Waals surface area (Å²) in [4.78, 5) is 11.6. The first-order valence-corrected chi connectivity index (χ1v) is 6.59. The first-order chi connectivity index (χ1) is 9.33. The molecule has 2 N–H and O–H groups in total. The molecule has 3 rings (SSSR count). The third-order valence-corrected chi connectivity index (χ3v) is 3.24. The molecule has 116 valence electrons. The quantitative estimate of drug-likeness (QED) is 0.834. The highest BCUT2D eigenvalue weighted by Gasteiger charge is 2.20. The number of hydrogen-bond acceptors (Lipinski definition) is 4. The zero-order valence-corrected chi connectivity index (χ0v) is 13.1. The van der Waals surface area contributed by atoms with E-state index in [2.05, 4.69) is 20.8 Å². The second-order valence-electron chi connectivity index (χ2n) is 4.90. The van der Waals surface area contributed by atoms with Gasteiger partial charge in [0, 0.05) is 6.20 Å². The summed E-state index contributed by atoms with van der Waals surface area (Å²) in [5.41, 5.74) is 0.790. The van der Waals surface area contributed by atoms with Crippen molar-refractivity contribution in [3.05, 3.63) is 30.2 Å². The molecule has 2 aromatic heterocycles. The Morgan fingerprint density at radius 2 is 2.10 bits per heavy atom. The number of carbonyl (C=O) groups excluding carboxylic acids is 1. The van der Waals surface area contributed by atoms with E-state index in [1.165, 1.54) is 12.8 Å². The van der Waals surface area contributed by atoms with Crippen LogP contribution in [0.25, 0.3) is 5.65 Å². The van der Waals surface area contributed by atoms with Crippen molar-refractivity contribution < 1.29 is 4.79 Å². The van der Waals surface area contributed by atoms with Gasteiger partial charge in [-0.05, 0) is 37.4 Å². The SMILES string of the molecule is Cl.Cl.O=C(CNCC1CC1)NCc1nnc2ccccn12. The molecule has 0 aliphatic heterocycles.